The number of halogens is 1. The molecule has 0 amide bonds. The molecule has 0 fully saturated rings. The molecule has 3 rings (SSSR count). The van der Waals surface area contributed by atoms with E-state index in [1.165, 1.54) is 5.56 Å². The second-order valence-corrected chi connectivity index (χ2v) is 5.73. The second kappa shape index (κ2) is 7.62. The zero-order chi connectivity index (χ0) is 16.8. The van der Waals surface area contributed by atoms with Crippen molar-refractivity contribution in [2.45, 2.75) is 6.54 Å². The number of rotatable bonds is 6. The van der Waals surface area contributed by atoms with Gasteiger partial charge in [-0.2, -0.15) is 0 Å². The maximum absolute atomic E-state index is 11.0. The zero-order valence-corrected chi connectivity index (χ0v) is 13.6. The minimum absolute atomic E-state index is 0.357. The van der Waals surface area contributed by atoms with E-state index in [2.05, 4.69) is 27.9 Å². The first-order chi connectivity index (χ1) is 11.7. The van der Waals surface area contributed by atoms with Gasteiger partial charge in [-0.1, -0.05) is 41.9 Å². The lowest BCUT2D eigenvalue weighted by Gasteiger charge is -2.12. The third-order valence-corrected chi connectivity index (χ3v) is 3.81. The van der Waals surface area contributed by atoms with Crippen LogP contribution in [-0.4, -0.2) is 0 Å². The molecule has 0 saturated heterocycles. The van der Waals surface area contributed by atoms with E-state index in [1.54, 1.807) is 18.2 Å². The Hall–Kier alpha value is -2.85. The maximum atomic E-state index is 11.0. The Kier molecular flexibility index (Phi) is 5.08. The van der Waals surface area contributed by atoms with Crippen molar-refractivity contribution in [1.29, 1.82) is 0 Å². The Morgan fingerprint density at radius 2 is 1.58 bits per heavy atom. The molecule has 0 radical (unpaired) electrons. The number of hydrogen-bond acceptors (Lipinski definition) is 4. The number of nitrogens with zero attached hydrogens (tertiary/aromatic N) is 1. The molecular formula is C19H16ClN3O. The van der Waals surface area contributed by atoms with Gasteiger partial charge in [0.1, 0.15) is 5.69 Å². The van der Waals surface area contributed by atoms with Crippen LogP contribution in [0.1, 0.15) is 5.56 Å². The minimum Gasteiger partial charge on any atom is -0.381 e. The van der Waals surface area contributed by atoms with Gasteiger partial charge in [-0.3, -0.25) is 0 Å². The molecule has 0 saturated carbocycles. The maximum Gasteiger partial charge on any atom is 0.131 e. The lowest BCUT2D eigenvalue weighted by Crippen LogP contribution is -2.00. The largest absolute Gasteiger partial charge is 0.381 e. The Balaban J connectivity index is 1.77. The summed E-state index contributed by atoms with van der Waals surface area (Å²) in [6.07, 6.45) is 0. The molecule has 0 heterocycles. The molecule has 24 heavy (non-hydrogen) atoms. The zero-order valence-electron chi connectivity index (χ0n) is 12.9. The average molecular weight is 338 g/mol. The number of benzene rings is 3. The van der Waals surface area contributed by atoms with Crippen molar-refractivity contribution in [3.63, 3.8) is 0 Å². The van der Waals surface area contributed by atoms with Crippen molar-refractivity contribution in [2.24, 2.45) is 5.18 Å². The quantitative estimate of drug-likeness (QED) is 0.535. The third kappa shape index (κ3) is 4.12. The van der Waals surface area contributed by atoms with Gasteiger partial charge in [-0.25, -0.2) is 0 Å². The van der Waals surface area contributed by atoms with Crippen LogP contribution >= 0.6 is 11.6 Å². The van der Waals surface area contributed by atoms with E-state index in [0.717, 1.165) is 11.4 Å². The monoisotopic (exact) mass is 337 g/mol. The molecule has 120 valence electrons. The molecule has 3 aromatic rings. The minimum atomic E-state index is 0.357. The normalized spacial score (nSPS) is 10.2. The van der Waals surface area contributed by atoms with E-state index in [0.29, 0.717) is 22.9 Å². The highest BCUT2D eigenvalue weighted by molar-refractivity contribution is 6.30. The van der Waals surface area contributed by atoms with Gasteiger partial charge in [0.2, 0.25) is 0 Å². The van der Waals surface area contributed by atoms with E-state index in [9.17, 15) is 4.91 Å². The standard InChI is InChI=1S/C19H16ClN3O/c20-15-6-8-16(9-7-15)22-19-12-17(10-11-18(19)23-24)21-13-14-4-2-1-3-5-14/h1-12,21-22H,13H2. The molecule has 5 heteroatoms. The van der Waals surface area contributed by atoms with Crippen LogP contribution in [0.5, 0.6) is 0 Å². The molecule has 0 aliphatic heterocycles. The lowest BCUT2D eigenvalue weighted by atomic mass is 10.2. The number of nitrogens with one attached hydrogen (secondary N) is 2. The van der Waals surface area contributed by atoms with Gasteiger partial charge in [0.15, 0.2) is 0 Å². The summed E-state index contributed by atoms with van der Waals surface area (Å²) in [7, 11) is 0. The summed E-state index contributed by atoms with van der Waals surface area (Å²) in [4.78, 5) is 11.0. The van der Waals surface area contributed by atoms with Crippen LogP contribution in [0.25, 0.3) is 0 Å². The van der Waals surface area contributed by atoms with Gasteiger partial charge < -0.3 is 10.6 Å². The van der Waals surface area contributed by atoms with Crippen LogP contribution in [0, 0.1) is 4.91 Å². The fraction of sp³-hybridized carbons (Fsp3) is 0.0526. The molecule has 2 N–H and O–H groups in total. The highest BCUT2D eigenvalue weighted by Crippen LogP contribution is 2.31. The van der Waals surface area contributed by atoms with Crippen molar-refractivity contribution in [1.82, 2.24) is 0 Å². The SMILES string of the molecule is O=Nc1ccc(NCc2ccccc2)cc1Nc1ccc(Cl)cc1. The third-order valence-electron chi connectivity index (χ3n) is 3.56. The van der Waals surface area contributed by atoms with E-state index in [1.807, 2.05) is 42.5 Å². The molecule has 0 unspecified atom stereocenters. The first kappa shape index (κ1) is 16.0. The fourth-order valence-electron chi connectivity index (χ4n) is 2.31. The van der Waals surface area contributed by atoms with E-state index >= 15 is 0 Å². The Morgan fingerprint density at radius 1 is 0.875 bits per heavy atom. The van der Waals surface area contributed by atoms with Gasteiger partial charge in [-0.05, 0) is 53.2 Å². The van der Waals surface area contributed by atoms with Crippen LogP contribution in [-0.2, 0) is 6.54 Å². The summed E-state index contributed by atoms with van der Waals surface area (Å²) in [5, 5.41) is 10.3. The van der Waals surface area contributed by atoms with Crippen molar-refractivity contribution in [3.05, 3.63) is 88.3 Å². The lowest BCUT2D eigenvalue weighted by molar-refractivity contribution is 1.15. The summed E-state index contributed by atoms with van der Waals surface area (Å²) in [6, 6.07) is 22.8. The molecule has 0 aliphatic carbocycles. The molecular weight excluding hydrogens is 322 g/mol. The molecule has 0 aliphatic rings. The van der Waals surface area contributed by atoms with Crippen LogP contribution < -0.4 is 10.6 Å². The Bertz CT molecular complexity index is 820. The number of anilines is 3. The van der Waals surface area contributed by atoms with Gasteiger partial charge in [0.05, 0.1) is 5.69 Å². The van der Waals surface area contributed by atoms with Gasteiger partial charge >= 0.3 is 0 Å². The smallest absolute Gasteiger partial charge is 0.131 e. The Morgan fingerprint density at radius 3 is 2.29 bits per heavy atom. The number of nitroso groups, excluding NO2 is 1. The fourth-order valence-corrected chi connectivity index (χ4v) is 2.44. The molecule has 3 aromatic carbocycles. The first-order valence-corrected chi connectivity index (χ1v) is 7.90. The predicted octanol–water partition coefficient (Wildman–Crippen LogP) is 6.09. The molecule has 4 nitrogen and oxygen atoms in total. The van der Waals surface area contributed by atoms with E-state index in [4.69, 9.17) is 11.6 Å². The molecule has 0 aromatic heterocycles. The molecule has 0 spiro atoms. The molecule has 0 bridgehead atoms. The predicted molar refractivity (Wildman–Crippen MR) is 100 cm³/mol. The van der Waals surface area contributed by atoms with Crippen LogP contribution in [0.4, 0.5) is 22.7 Å². The van der Waals surface area contributed by atoms with Crippen molar-refractivity contribution < 1.29 is 0 Å². The van der Waals surface area contributed by atoms with Crippen LogP contribution in [0.2, 0.25) is 5.02 Å². The van der Waals surface area contributed by atoms with Crippen molar-refractivity contribution >= 4 is 34.4 Å². The van der Waals surface area contributed by atoms with Crippen molar-refractivity contribution in [2.75, 3.05) is 10.6 Å². The van der Waals surface area contributed by atoms with Crippen molar-refractivity contribution in [3.8, 4) is 0 Å². The van der Waals surface area contributed by atoms with Gasteiger partial charge in [0.25, 0.3) is 0 Å². The highest BCUT2D eigenvalue weighted by Gasteiger charge is 2.05. The first-order valence-electron chi connectivity index (χ1n) is 7.52. The highest BCUT2D eigenvalue weighted by atomic mass is 35.5. The van der Waals surface area contributed by atoms with Crippen LogP contribution in [0.3, 0.4) is 0 Å². The van der Waals surface area contributed by atoms with Gasteiger partial charge in [0, 0.05) is 22.9 Å². The summed E-state index contributed by atoms with van der Waals surface area (Å²) >= 11 is 5.89. The van der Waals surface area contributed by atoms with E-state index in [-0.39, 0.29) is 0 Å². The average Bonchev–Trinajstić information content (AvgIpc) is 2.63. The second-order valence-electron chi connectivity index (χ2n) is 5.29. The molecule has 0 atom stereocenters. The topological polar surface area (TPSA) is 53.5 Å². The summed E-state index contributed by atoms with van der Waals surface area (Å²) in [6.45, 7) is 0.703. The summed E-state index contributed by atoms with van der Waals surface area (Å²) in [5.74, 6) is 0. The Labute approximate surface area is 145 Å². The van der Waals surface area contributed by atoms with Gasteiger partial charge in [-0.15, -0.1) is 4.91 Å². The number of hydrogen-bond donors (Lipinski definition) is 2. The van der Waals surface area contributed by atoms with Crippen LogP contribution in [0.15, 0.2) is 78.0 Å². The van der Waals surface area contributed by atoms with E-state index < -0.39 is 0 Å². The summed E-state index contributed by atoms with van der Waals surface area (Å²) in [5.41, 5.74) is 3.93. The summed E-state index contributed by atoms with van der Waals surface area (Å²) < 4.78 is 0.